The van der Waals surface area contributed by atoms with E-state index >= 15 is 0 Å². The van der Waals surface area contributed by atoms with E-state index in [1.165, 1.54) is 0 Å². The van der Waals surface area contributed by atoms with Crippen molar-refractivity contribution in [3.63, 3.8) is 0 Å². The first kappa shape index (κ1) is 20.0. The highest BCUT2D eigenvalue weighted by Crippen LogP contribution is 2.37. The second-order valence-electron chi connectivity index (χ2n) is 6.92. The van der Waals surface area contributed by atoms with E-state index in [0.717, 1.165) is 11.1 Å². The normalized spacial score (nSPS) is 19.3. The van der Waals surface area contributed by atoms with Crippen LogP contribution in [0.25, 0.3) is 0 Å². The van der Waals surface area contributed by atoms with Crippen LogP contribution in [0.5, 0.6) is 0 Å². The van der Waals surface area contributed by atoms with Crippen molar-refractivity contribution in [2.75, 3.05) is 0 Å². The van der Waals surface area contributed by atoms with Crippen molar-refractivity contribution in [3.05, 3.63) is 102 Å². The summed E-state index contributed by atoms with van der Waals surface area (Å²) in [4.78, 5) is 23.9. The summed E-state index contributed by atoms with van der Waals surface area (Å²) in [5.74, 6) is -1.37. The van der Waals surface area contributed by atoms with Crippen molar-refractivity contribution >= 4 is 22.7 Å². The topological polar surface area (TPSA) is 69.7 Å². The number of hydrogen-bond donors (Lipinski definition) is 0. The van der Waals surface area contributed by atoms with Crippen LogP contribution in [0, 0.1) is 0 Å². The fraction of sp³-hybridized carbons (Fsp3) is 0.167. The van der Waals surface area contributed by atoms with Crippen molar-refractivity contribution in [2.45, 2.75) is 28.8 Å². The maximum Gasteiger partial charge on any atom is 0.365 e. The summed E-state index contributed by atoms with van der Waals surface area (Å²) in [6.45, 7) is 0. The number of carbonyl (C=O) groups is 2. The molecule has 0 saturated carbocycles. The van der Waals surface area contributed by atoms with Crippen LogP contribution < -0.4 is 0 Å². The summed E-state index contributed by atoms with van der Waals surface area (Å²) < 4.78 is 24.6. The number of carbonyl (C=O) groups excluding carboxylic acids is 2. The Balaban J connectivity index is 1.70. The number of benzene rings is 3. The van der Waals surface area contributed by atoms with Crippen LogP contribution in [0.15, 0.2) is 95.9 Å². The molecule has 2 unspecified atom stereocenters. The Kier molecular flexibility index (Phi) is 5.77. The average Bonchev–Trinajstić information content (AvgIpc) is 3.21. The van der Waals surface area contributed by atoms with Crippen LogP contribution in [0.1, 0.15) is 30.1 Å². The van der Waals surface area contributed by atoms with Crippen molar-refractivity contribution in [2.24, 2.45) is 0 Å². The minimum absolute atomic E-state index is 0.00245. The molecule has 3 aromatic carbocycles. The first-order chi connectivity index (χ1) is 14.6. The second-order valence-corrected chi connectivity index (χ2v) is 8.58. The van der Waals surface area contributed by atoms with E-state index < -0.39 is 33.8 Å². The lowest BCUT2D eigenvalue weighted by Gasteiger charge is -2.28. The molecular formula is C24H20O5S. The molecular weight excluding hydrogens is 400 g/mol. The van der Waals surface area contributed by atoms with E-state index in [2.05, 4.69) is 0 Å². The average molecular weight is 420 g/mol. The van der Waals surface area contributed by atoms with Gasteiger partial charge in [-0.2, -0.15) is 0 Å². The van der Waals surface area contributed by atoms with Crippen molar-refractivity contribution in [3.8, 4) is 0 Å². The number of hydrogen-bond acceptors (Lipinski definition) is 5. The van der Waals surface area contributed by atoms with Crippen LogP contribution in [-0.4, -0.2) is 21.1 Å². The van der Waals surface area contributed by atoms with Gasteiger partial charge in [0.15, 0.2) is 6.10 Å². The highest BCUT2D eigenvalue weighted by Gasteiger charge is 2.55. The first-order valence-corrected chi connectivity index (χ1v) is 10.7. The molecule has 0 aliphatic carbocycles. The van der Waals surface area contributed by atoms with Gasteiger partial charge in [-0.25, -0.2) is 9.00 Å². The van der Waals surface area contributed by atoms with Crippen LogP contribution in [0.3, 0.4) is 0 Å². The number of rotatable bonds is 6. The maximum absolute atomic E-state index is 13.4. The predicted molar refractivity (Wildman–Crippen MR) is 112 cm³/mol. The maximum atomic E-state index is 13.4. The van der Waals surface area contributed by atoms with Gasteiger partial charge in [0.2, 0.25) is 0 Å². The molecule has 4 rings (SSSR count). The summed E-state index contributed by atoms with van der Waals surface area (Å²) in [6, 6.07) is 27.1. The Bertz CT molecular complexity index is 1010. The molecule has 0 aromatic heterocycles. The van der Waals surface area contributed by atoms with Gasteiger partial charge in [0.25, 0.3) is 4.93 Å². The van der Waals surface area contributed by atoms with Gasteiger partial charge in [0.1, 0.15) is 10.8 Å². The zero-order valence-electron chi connectivity index (χ0n) is 16.1. The molecule has 3 aromatic rings. The van der Waals surface area contributed by atoms with E-state index in [-0.39, 0.29) is 12.8 Å². The lowest BCUT2D eigenvalue weighted by molar-refractivity contribution is -0.168. The van der Waals surface area contributed by atoms with Crippen LogP contribution >= 0.6 is 0 Å². The Morgan fingerprint density at radius 2 is 1.37 bits per heavy atom. The minimum atomic E-state index is -1.91. The van der Waals surface area contributed by atoms with Gasteiger partial charge in [-0.15, -0.1) is 0 Å². The zero-order valence-corrected chi connectivity index (χ0v) is 16.9. The molecule has 6 heteroatoms. The quantitative estimate of drug-likeness (QED) is 0.560. The highest BCUT2D eigenvalue weighted by molar-refractivity contribution is 7.87. The van der Waals surface area contributed by atoms with Crippen LogP contribution in [0.4, 0.5) is 0 Å². The number of cyclic esters (lactones) is 1. The summed E-state index contributed by atoms with van der Waals surface area (Å²) in [5.41, 5.74) is 1.53. The first-order valence-electron chi connectivity index (χ1n) is 9.60. The van der Waals surface area contributed by atoms with Crippen molar-refractivity contribution < 1.29 is 23.3 Å². The van der Waals surface area contributed by atoms with E-state index in [4.69, 9.17) is 9.47 Å². The fourth-order valence-corrected chi connectivity index (χ4v) is 4.86. The molecule has 2 atom stereocenters. The molecule has 0 radical (unpaired) electrons. The van der Waals surface area contributed by atoms with Crippen molar-refractivity contribution in [1.82, 2.24) is 0 Å². The van der Waals surface area contributed by atoms with Gasteiger partial charge >= 0.3 is 11.9 Å². The molecule has 152 valence electrons. The third kappa shape index (κ3) is 3.91. The highest BCUT2D eigenvalue weighted by atomic mass is 32.2. The van der Waals surface area contributed by atoms with E-state index in [9.17, 15) is 13.8 Å². The van der Waals surface area contributed by atoms with Gasteiger partial charge in [-0.1, -0.05) is 78.9 Å². The molecule has 0 amide bonds. The molecule has 1 heterocycles. The molecule has 0 spiro atoms. The Morgan fingerprint density at radius 3 is 1.83 bits per heavy atom. The Morgan fingerprint density at radius 1 is 0.867 bits per heavy atom. The van der Waals surface area contributed by atoms with E-state index in [1.54, 1.807) is 30.3 Å². The van der Waals surface area contributed by atoms with Crippen LogP contribution in [-0.2, 0) is 29.9 Å². The molecule has 1 fully saturated rings. The summed E-state index contributed by atoms with van der Waals surface area (Å²) in [6.07, 6.45) is -0.707. The van der Waals surface area contributed by atoms with Gasteiger partial charge in [-0.3, -0.25) is 4.79 Å². The number of ether oxygens (including phenoxy) is 2. The summed E-state index contributed by atoms with van der Waals surface area (Å²) >= 11 is 0. The monoisotopic (exact) mass is 420 g/mol. The Hall–Kier alpha value is -3.25. The molecule has 1 aliphatic rings. The molecule has 1 aliphatic heterocycles. The molecule has 0 N–H and O–H groups in total. The van der Waals surface area contributed by atoms with E-state index in [0.29, 0.717) is 4.90 Å². The fourth-order valence-electron chi connectivity index (χ4n) is 3.42. The van der Waals surface area contributed by atoms with Gasteiger partial charge in [0.05, 0.1) is 6.42 Å². The third-order valence-corrected chi connectivity index (χ3v) is 6.69. The van der Waals surface area contributed by atoms with Gasteiger partial charge < -0.3 is 9.47 Å². The van der Waals surface area contributed by atoms with Crippen molar-refractivity contribution in [1.29, 1.82) is 0 Å². The standard InChI is InChI=1S/C24H20O5S/c25-21-16-17-24(29-21,30(27)20-14-8-3-9-15-20)23(26)28-22(18-10-4-1-5-11-18)19-12-6-2-7-13-19/h1-15,22H,16-17H2. The second kappa shape index (κ2) is 8.63. The molecule has 30 heavy (non-hydrogen) atoms. The van der Waals surface area contributed by atoms with Gasteiger partial charge in [0, 0.05) is 11.3 Å². The molecule has 0 bridgehead atoms. The largest absolute Gasteiger partial charge is 0.449 e. The third-order valence-electron chi connectivity index (χ3n) is 4.93. The van der Waals surface area contributed by atoms with E-state index in [1.807, 2.05) is 60.7 Å². The minimum Gasteiger partial charge on any atom is -0.449 e. The molecule has 5 nitrogen and oxygen atoms in total. The van der Waals surface area contributed by atoms with Crippen LogP contribution in [0.2, 0.25) is 0 Å². The predicted octanol–water partition coefficient (Wildman–Crippen LogP) is 4.16. The summed E-state index contributed by atoms with van der Waals surface area (Å²) in [7, 11) is -1.91. The zero-order chi connectivity index (χ0) is 21.0. The lowest BCUT2D eigenvalue weighted by atomic mass is 10.0. The Labute approximate surface area is 177 Å². The SMILES string of the molecule is O=C1CCC(C(=O)OC(c2ccccc2)c2ccccc2)(S(=O)c2ccccc2)O1. The number of esters is 2. The van der Waals surface area contributed by atoms with Gasteiger partial charge in [-0.05, 0) is 23.3 Å². The smallest absolute Gasteiger partial charge is 0.365 e. The summed E-state index contributed by atoms with van der Waals surface area (Å²) in [5, 5.41) is 0. The lowest BCUT2D eigenvalue weighted by Crippen LogP contribution is -2.44. The molecule has 1 saturated heterocycles.